The Bertz CT molecular complexity index is 961. The van der Waals surface area contributed by atoms with Gasteiger partial charge in [0.05, 0.1) is 10.7 Å². The summed E-state index contributed by atoms with van der Waals surface area (Å²) in [6.45, 7) is 3.06. The van der Waals surface area contributed by atoms with Crippen LogP contribution in [0.5, 0.6) is 0 Å². The summed E-state index contributed by atoms with van der Waals surface area (Å²) in [7, 11) is 0.880. The molecule has 0 atom stereocenters. The van der Waals surface area contributed by atoms with Gasteiger partial charge in [0.1, 0.15) is 11.5 Å². The lowest BCUT2D eigenvalue weighted by Crippen LogP contribution is -2.46. The quantitative estimate of drug-likeness (QED) is 0.770. The van der Waals surface area contributed by atoms with Crippen molar-refractivity contribution in [2.45, 2.75) is 32.6 Å². The SMILES string of the molecule is Cc1cc(Cl)c(C)nc1-n1c(=O)cc(C(F)(F)C(C)(F)F)n(C)c1=O. The third-order valence-electron chi connectivity index (χ3n) is 3.72. The van der Waals surface area contributed by atoms with Gasteiger partial charge in [-0.1, -0.05) is 11.6 Å². The van der Waals surface area contributed by atoms with Crippen molar-refractivity contribution in [2.24, 2.45) is 7.05 Å². The average molecular weight is 380 g/mol. The molecule has 5 nitrogen and oxygen atoms in total. The maximum Gasteiger partial charge on any atom is 0.349 e. The first-order valence-electron chi connectivity index (χ1n) is 7.02. The highest BCUT2D eigenvalue weighted by molar-refractivity contribution is 6.31. The minimum Gasteiger partial charge on any atom is -0.294 e. The van der Waals surface area contributed by atoms with E-state index in [4.69, 9.17) is 11.6 Å². The number of hydrogen-bond donors (Lipinski definition) is 0. The number of alkyl halides is 4. The zero-order chi connectivity index (χ0) is 19.3. The first-order valence-corrected chi connectivity index (χ1v) is 7.40. The van der Waals surface area contributed by atoms with Crippen LogP contribution in [0.3, 0.4) is 0 Å². The molecular weight excluding hydrogens is 366 g/mol. The van der Waals surface area contributed by atoms with E-state index < -0.39 is 28.8 Å². The van der Waals surface area contributed by atoms with Gasteiger partial charge in [-0.05, 0) is 25.5 Å². The second kappa shape index (κ2) is 5.98. The van der Waals surface area contributed by atoms with Crippen LogP contribution in [0.4, 0.5) is 17.6 Å². The Kier molecular flexibility index (Phi) is 4.58. The third kappa shape index (κ3) is 3.08. The van der Waals surface area contributed by atoms with E-state index in [0.717, 1.165) is 7.05 Å². The van der Waals surface area contributed by atoms with Gasteiger partial charge in [-0.3, -0.25) is 9.36 Å². The molecule has 0 aliphatic heterocycles. The van der Waals surface area contributed by atoms with E-state index in [0.29, 0.717) is 31.5 Å². The molecule has 0 aromatic carbocycles. The minimum atomic E-state index is -4.70. The fourth-order valence-corrected chi connectivity index (χ4v) is 2.44. The third-order valence-corrected chi connectivity index (χ3v) is 4.10. The first-order chi connectivity index (χ1) is 11.3. The van der Waals surface area contributed by atoms with Crippen LogP contribution in [0, 0.1) is 13.8 Å². The molecule has 0 saturated carbocycles. The van der Waals surface area contributed by atoms with Gasteiger partial charge in [0.15, 0.2) is 0 Å². The molecule has 0 amide bonds. The van der Waals surface area contributed by atoms with Crippen molar-refractivity contribution in [3.05, 3.63) is 54.9 Å². The van der Waals surface area contributed by atoms with Gasteiger partial charge < -0.3 is 0 Å². The number of hydrogen-bond acceptors (Lipinski definition) is 3. The van der Waals surface area contributed by atoms with E-state index >= 15 is 0 Å². The predicted octanol–water partition coefficient (Wildman–Crippen LogP) is 2.95. The van der Waals surface area contributed by atoms with Crippen molar-refractivity contribution in [1.29, 1.82) is 0 Å². The summed E-state index contributed by atoms with van der Waals surface area (Å²) in [4.78, 5) is 28.7. The highest BCUT2D eigenvalue weighted by Crippen LogP contribution is 2.41. The molecule has 0 fully saturated rings. The second-order valence-electron chi connectivity index (χ2n) is 5.70. The fourth-order valence-electron chi connectivity index (χ4n) is 2.23. The van der Waals surface area contributed by atoms with Crippen molar-refractivity contribution in [1.82, 2.24) is 14.1 Å². The lowest BCUT2D eigenvalue weighted by Gasteiger charge is -2.25. The molecule has 0 aliphatic carbocycles. The largest absolute Gasteiger partial charge is 0.349 e. The summed E-state index contributed by atoms with van der Waals surface area (Å²) in [6, 6.07) is 1.76. The van der Waals surface area contributed by atoms with E-state index in [1.54, 1.807) is 0 Å². The van der Waals surface area contributed by atoms with Crippen LogP contribution < -0.4 is 11.2 Å². The molecule has 2 rings (SSSR count). The van der Waals surface area contributed by atoms with Crippen LogP contribution in [-0.4, -0.2) is 20.0 Å². The summed E-state index contributed by atoms with van der Waals surface area (Å²) < 4.78 is 55.1. The van der Waals surface area contributed by atoms with Gasteiger partial charge in [0.25, 0.3) is 5.56 Å². The topological polar surface area (TPSA) is 56.9 Å². The van der Waals surface area contributed by atoms with Gasteiger partial charge in [-0.15, -0.1) is 0 Å². The zero-order valence-electron chi connectivity index (χ0n) is 13.7. The summed E-state index contributed by atoms with van der Waals surface area (Å²) >= 11 is 5.90. The molecule has 0 saturated heterocycles. The molecule has 0 bridgehead atoms. The monoisotopic (exact) mass is 379 g/mol. The Morgan fingerprint density at radius 3 is 2.20 bits per heavy atom. The number of pyridine rings is 1. The maximum atomic E-state index is 13.9. The van der Waals surface area contributed by atoms with E-state index in [1.165, 1.54) is 19.9 Å². The summed E-state index contributed by atoms with van der Waals surface area (Å²) in [5.41, 5.74) is -3.14. The highest BCUT2D eigenvalue weighted by Gasteiger charge is 2.55. The van der Waals surface area contributed by atoms with Gasteiger partial charge in [0, 0.05) is 20.0 Å². The summed E-state index contributed by atoms with van der Waals surface area (Å²) in [5, 5.41) is 0.292. The minimum absolute atomic E-state index is 0.0112. The molecule has 0 spiro atoms. The van der Waals surface area contributed by atoms with Gasteiger partial charge in [-0.25, -0.2) is 14.3 Å². The van der Waals surface area contributed by atoms with Crippen molar-refractivity contribution in [3.63, 3.8) is 0 Å². The van der Waals surface area contributed by atoms with E-state index in [9.17, 15) is 27.2 Å². The van der Waals surface area contributed by atoms with Crippen LogP contribution in [0.25, 0.3) is 5.82 Å². The molecule has 0 N–H and O–H groups in total. The van der Waals surface area contributed by atoms with E-state index in [1.807, 2.05) is 0 Å². The Balaban J connectivity index is 2.84. The van der Waals surface area contributed by atoms with Gasteiger partial charge >= 0.3 is 17.5 Å². The number of aromatic nitrogens is 3. The Morgan fingerprint density at radius 1 is 1.12 bits per heavy atom. The van der Waals surface area contributed by atoms with Gasteiger partial charge in [-0.2, -0.15) is 17.6 Å². The lowest BCUT2D eigenvalue weighted by molar-refractivity contribution is -0.208. The van der Waals surface area contributed by atoms with E-state index in [-0.39, 0.29) is 12.7 Å². The van der Waals surface area contributed by atoms with Crippen molar-refractivity contribution >= 4 is 11.6 Å². The number of aryl methyl sites for hydroxylation is 2. The molecule has 0 radical (unpaired) electrons. The van der Waals surface area contributed by atoms with Crippen molar-refractivity contribution < 1.29 is 17.6 Å². The molecule has 0 aliphatic rings. The van der Waals surface area contributed by atoms with Crippen LogP contribution in [0.2, 0.25) is 5.02 Å². The highest BCUT2D eigenvalue weighted by atomic mass is 35.5. The molecular formula is C15H14ClF4N3O2. The molecule has 136 valence electrons. The van der Waals surface area contributed by atoms with Crippen LogP contribution in [-0.2, 0) is 13.0 Å². The Hall–Kier alpha value is -2.16. The Labute approximate surface area is 144 Å². The fraction of sp³-hybridized carbons (Fsp3) is 0.400. The second-order valence-corrected chi connectivity index (χ2v) is 6.11. The predicted molar refractivity (Wildman–Crippen MR) is 84.1 cm³/mol. The lowest BCUT2D eigenvalue weighted by atomic mass is 10.1. The van der Waals surface area contributed by atoms with Crippen LogP contribution in [0.15, 0.2) is 21.7 Å². The number of halogens is 5. The summed E-state index contributed by atoms with van der Waals surface area (Å²) in [5.74, 6) is -9.26. The Morgan fingerprint density at radius 2 is 1.68 bits per heavy atom. The molecule has 2 aromatic heterocycles. The van der Waals surface area contributed by atoms with Crippen molar-refractivity contribution in [3.8, 4) is 5.82 Å². The maximum absolute atomic E-state index is 13.9. The zero-order valence-corrected chi connectivity index (χ0v) is 14.5. The molecule has 2 aromatic rings. The average Bonchev–Trinajstić information content (AvgIpc) is 2.46. The first kappa shape index (κ1) is 19.2. The standard InChI is InChI=1S/C15H14ClF4N3O2/c1-7-5-9(16)8(2)21-12(7)23-11(24)6-10(22(4)13(23)25)15(19,20)14(3,17)18/h5-6H,1-4H3. The number of nitrogens with zero attached hydrogens (tertiary/aromatic N) is 3. The van der Waals surface area contributed by atoms with Crippen LogP contribution >= 0.6 is 11.6 Å². The van der Waals surface area contributed by atoms with Crippen LogP contribution in [0.1, 0.15) is 23.9 Å². The molecule has 25 heavy (non-hydrogen) atoms. The smallest absolute Gasteiger partial charge is 0.294 e. The normalized spacial score (nSPS) is 12.5. The number of rotatable bonds is 3. The summed E-state index contributed by atoms with van der Waals surface area (Å²) in [6.07, 6.45) is 0. The van der Waals surface area contributed by atoms with E-state index in [2.05, 4.69) is 4.98 Å². The molecule has 10 heteroatoms. The molecule has 2 heterocycles. The van der Waals surface area contributed by atoms with Gasteiger partial charge in [0.2, 0.25) is 0 Å². The molecule has 0 unspecified atom stereocenters. The van der Waals surface area contributed by atoms with Crippen molar-refractivity contribution in [2.75, 3.05) is 0 Å².